The summed E-state index contributed by atoms with van der Waals surface area (Å²) in [5, 5.41) is 3.63. The normalized spacial score (nSPS) is 15.9. The fourth-order valence-corrected chi connectivity index (χ4v) is 3.10. The fourth-order valence-electron chi connectivity index (χ4n) is 3.10. The van der Waals surface area contributed by atoms with Crippen molar-refractivity contribution >= 4 is 6.08 Å². The van der Waals surface area contributed by atoms with Gasteiger partial charge in [0.2, 0.25) is 0 Å². The van der Waals surface area contributed by atoms with E-state index in [2.05, 4.69) is 84.2 Å². The van der Waals surface area contributed by atoms with Crippen LogP contribution >= 0.6 is 0 Å². The van der Waals surface area contributed by atoms with Crippen LogP contribution in [0, 0.1) is 0 Å². The monoisotopic (exact) mass is 316 g/mol. The molecule has 0 bridgehead atoms. The van der Waals surface area contributed by atoms with Crippen molar-refractivity contribution in [2.75, 3.05) is 6.54 Å². The average molecular weight is 316 g/mol. The molecule has 2 unspecified atom stereocenters. The Morgan fingerprint density at radius 3 is 2.46 bits per heavy atom. The Kier molecular flexibility index (Phi) is 5.29. The largest absolute Gasteiger partial charge is 0.358 e. The highest BCUT2D eigenvalue weighted by Crippen LogP contribution is 2.20. The molecule has 0 radical (unpaired) electrons. The van der Waals surface area contributed by atoms with Crippen LogP contribution in [-0.2, 0) is 6.42 Å². The number of nitrogens with one attached hydrogen (secondary N) is 1. The zero-order valence-electron chi connectivity index (χ0n) is 13.9. The van der Waals surface area contributed by atoms with Crippen LogP contribution in [0.1, 0.15) is 22.7 Å². The first-order chi connectivity index (χ1) is 11.8. The fraction of sp³-hybridized carbons (Fsp3) is 0.182. The van der Waals surface area contributed by atoms with Crippen molar-refractivity contribution in [3.8, 4) is 0 Å². The third kappa shape index (κ3) is 3.66. The van der Waals surface area contributed by atoms with Gasteiger partial charge < -0.3 is 4.90 Å². The zero-order valence-corrected chi connectivity index (χ0v) is 13.9. The highest BCUT2D eigenvalue weighted by Gasteiger charge is 2.18. The van der Waals surface area contributed by atoms with Crippen molar-refractivity contribution in [3.05, 3.63) is 103 Å². The maximum Gasteiger partial charge on any atom is 0.0986 e. The minimum Gasteiger partial charge on any atom is -0.358 e. The van der Waals surface area contributed by atoms with E-state index in [4.69, 9.17) is 0 Å². The summed E-state index contributed by atoms with van der Waals surface area (Å²) >= 11 is 0. The first kappa shape index (κ1) is 16.3. The number of hydrogen-bond acceptors (Lipinski definition) is 2. The SMILES string of the molecule is C=CC(NC(C=C)N1C=Cc2ccccc2CC1)c1ccccc1. The van der Waals surface area contributed by atoms with Gasteiger partial charge in [-0.1, -0.05) is 73.3 Å². The van der Waals surface area contributed by atoms with Gasteiger partial charge in [-0.25, -0.2) is 0 Å². The maximum atomic E-state index is 4.02. The summed E-state index contributed by atoms with van der Waals surface area (Å²) < 4.78 is 0. The van der Waals surface area contributed by atoms with Gasteiger partial charge in [-0.15, -0.1) is 6.58 Å². The van der Waals surface area contributed by atoms with E-state index >= 15 is 0 Å². The summed E-state index contributed by atoms with van der Waals surface area (Å²) in [5.41, 5.74) is 3.90. The Morgan fingerprint density at radius 2 is 1.71 bits per heavy atom. The van der Waals surface area contributed by atoms with Crippen LogP contribution < -0.4 is 5.32 Å². The van der Waals surface area contributed by atoms with Crippen molar-refractivity contribution in [3.63, 3.8) is 0 Å². The predicted octanol–water partition coefficient (Wildman–Crippen LogP) is 4.54. The van der Waals surface area contributed by atoms with E-state index in [0.717, 1.165) is 13.0 Å². The second-order valence-electron chi connectivity index (χ2n) is 5.97. The molecular formula is C22H24N2. The van der Waals surface area contributed by atoms with Crippen molar-refractivity contribution < 1.29 is 0 Å². The smallest absolute Gasteiger partial charge is 0.0986 e. The molecule has 24 heavy (non-hydrogen) atoms. The molecule has 2 heteroatoms. The van der Waals surface area contributed by atoms with Gasteiger partial charge in [-0.3, -0.25) is 5.32 Å². The zero-order chi connectivity index (χ0) is 16.8. The Bertz CT molecular complexity index is 718. The molecule has 1 aliphatic heterocycles. The molecule has 0 aliphatic carbocycles. The standard InChI is InChI=1S/C22H24N2/c1-3-21(20-12-6-5-7-13-20)23-22(4-2)24-16-14-18-10-8-9-11-19(18)15-17-24/h3-14,16,21-23H,1-2,15,17H2. The lowest BCUT2D eigenvalue weighted by atomic mass is 10.1. The van der Waals surface area contributed by atoms with Crippen molar-refractivity contribution in [1.29, 1.82) is 0 Å². The number of fused-ring (bicyclic) bond motifs is 1. The molecule has 0 spiro atoms. The van der Waals surface area contributed by atoms with Gasteiger partial charge in [0.25, 0.3) is 0 Å². The molecule has 1 heterocycles. The van der Waals surface area contributed by atoms with E-state index < -0.39 is 0 Å². The van der Waals surface area contributed by atoms with Crippen LogP contribution in [-0.4, -0.2) is 17.6 Å². The van der Waals surface area contributed by atoms with Crippen LogP contribution in [0.15, 0.2) is 86.1 Å². The quantitative estimate of drug-likeness (QED) is 0.787. The van der Waals surface area contributed by atoms with Gasteiger partial charge in [-0.2, -0.15) is 0 Å². The van der Waals surface area contributed by atoms with Crippen molar-refractivity contribution in [2.45, 2.75) is 18.6 Å². The number of benzene rings is 2. The van der Waals surface area contributed by atoms with Crippen LogP contribution in [0.25, 0.3) is 6.08 Å². The lowest BCUT2D eigenvalue weighted by Crippen LogP contribution is -2.43. The van der Waals surface area contributed by atoms with E-state index in [9.17, 15) is 0 Å². The van der Waals surface area contributed by atoms with Crippen molar-refractivity contribution in [2.24, 2.45) is 0 Å². The molecule has 1 N–H and O–H groups in total. The van der Waals surface area contributed by atoms with Gasteiger partial charge >= 0.3 is 0 Å². The molecule has 2 nitrogen and oxygen atoms in total. The van der Waals surface area contributed by atoms with Crippen LogP contribution in [0.3, 0.4) is 0 Å². The summed E-state index contributed by atoms with van der Waals surface area (Å²) in [4.78, 5) is 2.30. The van der Waals surface area contributed by atoms with Crippen LogP contribution in [0.4, 0.5) is 0 Å². The summed E-state index contributed by atoms with van der Waals surface area (Å²) in [7, 11) is 0. The van der Waals surface area contributed by atoms with Gasteiger partial charge in [-0.05, 0) is 29.2 Å². The number of rotatable bonds is 6. The van der Waals surface area contributed by atoms with E-state index in [0.29, 0.717) is 0 Å². The minimum absolute atomic E-state index is 0.0544. The lowest BCUT2D eigenvalue weighted by Gasteiger charge is -2.31. The highest BCUT2D eigenvalue weighted by atomic mass is 15.3. The van der Waals surface area contributed by atoms with Crippen molar-refractivity contribution in [1.82, 2.24) is 10.2 Å². The Morgan fingerprint density at radius 1 is 0.958 bits per heavy atom. The van der Waals surface area contributed by atoms with E-state index in [-0.39, 0.29) is 12.2 Å². The molecule has 2 aromatic rings. The maximum absolute atomic E-state index is 4.02. The molecule has 0 saturated heterocycles. The minimum atomic E-state index is 0.0544. The Labute approximate surface area is 144 Å². The second-order valence-corrected chi connectivity index (χ2v) is 5.97. The molecule has 2 aromatic carbocycles. The van der Waals surface area contributed by atoms with Gasteiger partial charge in [0, 0.05) is 12.7 Å². The molecular weight excluding hydrogens is 292 g/mol. The molecule has 0 fully saturated rings. The Hall–Kier alpha value is -2.58. The summed E-state index contributed by atoms with van der Waals surface area (Å²) in [6.45, 7) is 8.97. The molecule has 2 atom stereocenters. The third-order valence-electron chi connectivity index (χ3n) is 4.47. The average Bonchev–Trinajstić information content (AvgIpc) is 2.86. The molecule has 3 rings (SSSR count). The summed E-state index contributed by atoms with van der Waals surface area (Å²) in [6, 6.07) is 19.0. The van der Waals surface area contributed by atoms with E-state index in [1.165, 1.54) is 16.7 Å². The second kappa shape index (κ2) is 7.80. The van der Waals surface area contributed by atoms with Crippen LogP contribution in [0.5, 0.6) is 0 Å². The first-order valence-electron chi connectivity index (χ1n) is 8.40. The molecule has 1 aliphatic rings. The third-order valence-corrected chi connectivity index (χ3v) is 4.47. The van der Waals surface area contributed by atoms with E-state index in [1.54, 1.807) is 0 Å². The molecule has 0 saturated carbocycles. The number of hydrogen-bond donors (Lipinski definition) is 1. The van der Waals surface area contributed by atoms with E-state index in [1.807, 2.05) is 18.2 Å². The lowest BCUT2D eigenvalue weighted by molar-refractivity contribution is 0.272. The van der Waals surface area contributed by atoms with Gasteiger partial charge in [0.1, 0.15) is 0 Å². The van der Waals surface area contributed by atoms with Gasteiger partial charge in [0.15, 0.2) is 0 Å². The molecule has 0 aromatic heterocycles. The molecule has 122 valence electrons. The number of nitrogens with zero attached hydrogens (tertiary/aromatic N) is 1. The summed E-state index contributed by atoms with van der Waals surface area (Å²) in [5.74, 6) is 0. The molecule has 0 amide bonds. The topological polar surface area (TPSA) is 15.3 Å². The predicted molar refractivity (Wildman–Crippen MR) is 102 cm³/mol. The summed E-state index contributed by atoms with van der Waals surface area (Å²) in [6.07, 6.45) is 9.34. The van der Waals surface area contributed by atoms with Gasteiger partial charge in [0.05, 0.1) is 12.2 Å². The Balaban J connectivity index is 1.75. The van der Waals surface area contributed by atoms with Crippen LogP contribution in [0.2, 0.25) is 0 Å². The highest BCUT2D eigenvalue weighted by molar-refractivity contribution is 5.54. The first-order valence-corrected chi connectivity index (χ1v) is 8.40.